The van der Waals surface area contributed by atoms with Gasteiger partial charge in [0, 0.05) is 31.0 Å². The van der Waals surface area contributed by atoms with Gasteiger partial charge in [0.15, 0.2) is 0 Å². The zero-order valence-corrected chi connectivity index (χ0v) is 9.95. The minimum Gasteiger partial charge on any atom is -0.313 e. The Morgan fingerprint density at radius 2 is 2.50 bits per heavy atom. The van der Waals surface area contributed by atoms with E-state index < -0.39 is 0 Å². The maximum atomic E-state index is 4.14. The summed E-state index contributed by atoms with van der Waals surface area (Å²) in [6, 6.07) is 5.15. The highest BCUT2D eigenvalue weighted by Crippen LogP contribution is 2.11. The molecular formula is C13H21N3. The summed E-state index contributed by atoms with van der Waals surface area (Å²) in [5, 5.41) is 7.11. The van der Waals surface area contributed by atoms with Crippen molar-refractivity contribution in [2.24, 2.45) is 0 Å². The lowest BCUT2D eigenvalue weighted by Gasteiger charge is -2.25. The van der Waals surface area contributed by atoms with Crippen LogP contribution in [-0.2, 0) is 0 Å². The Hall–Kier alpha value is -0.930. The van der Waals surface area contributed by atoms with E-state index in [1.807, 2.05) is 18.5 Å². The predicted molar refractivity (Wildman–Crippen MR) is 66.3 cm³/mol. The molecule has 2 rings (SSSR count). The summed E-state index contributed by atoms with van der Waals surface area (Å²) >= 11 is 0. The standard InChI is InChI=1S/C13H21N3/c1-11(12-5-4-7-14-9-12)16-10-13-6-2-3-8-15-13/h4-5,7,9,11,13,15-16H,2-3,6,8,10H2,1H3. The highest BCUT2D eigenvalue weighted by atomic mass is 15.0. The van der Waals surface area contributed by atoms with Crippen LogP contribution in [0.2, 0.25) is 0 Å². The Kier molecular flexibility index (Phi) is 4.31. The van der Waals surface area contributed by atoms with Crippen LogP contribution in [0.4, 0.5) is 0 Å². The number of piperidine rings is 1. The van der Waals surface area contributed by atoms with Gasteiger partial charge < -0.3 is 10.6 Å². The molecule has 2 N–H and O–H groups in total. The molecule has 1 fully saturated rings. The first-order valence-electron chi connectivity index (χ1n) is 6.23. The molecule has 0 bridgehead atoms. The van der Waals surface area contributed by atoms with Crippen LogP contribution in [0.3, 0.4) is 0 Å². The second-order valence-electron chi connectivity index (χ2n) is 4.56. The van der Waals surface area contributed by atoms with Crippen LogP contribution in [0.5, 0.6) is 0 Å². The molecule has 0 aromatic carbocycles. The lowest BCUT2D eigenvalue weighted by molar-refractivity contribution is 0.371. The van der Waals surface area contributed by atoms with Crippen LogP contribution < -0.4 is 10.6 Å². The zero-order valence-electron chi connectivity index (χ0n) is 9.95. The summed E-state index contributed by atoms with van der Waals surface area (Å²) in [6.45, 7) is 4.42. The first kappa shape index (κ1) is 11.6. The van der Waals surface area contributed by atoms with Crippen molar-refractivity contribution in [3.8, 4) is 0 Å². The van der Waals surface area contributed by atoms with Gasteiger partial charge in [0.1, 0.15) is 0 Å². The molecule has 0 saturated carbocycles. The van der Waals surface area contributed by atoms with Gasteiger partial charge in [-0.15, -0.1) is 0 Å². The van der Waals surface area contributed by atoms with E-state index in [0.29, 0.717) is 12.1 Å². The number of nitrogens with zero attached hydrogens (tertiary/aromatic N) is 1. The molecule has 0 aliphatic carbocycles. The third-order valence-electron chi connectivity index (χ3n) is 3.27. The van der Waals surface area contributed by atoms with Gasteiger partial charge in [-0.2, -0.15) is 0 Å². The van der Waals surface area contributed by atoms with Gasteiger partial charge in [0.2, 0.25) is 0 Å². The number of pyridine rings is 1. The van der Waals surface area contributed by atoms with E-state index in [1.54, 1.807) is 0 Å². The fourth-order valence-electron chi connectivity index (χ4n) is 2.17. The molecule has 1 aromatic rings. The van der Waals surface area contributed by atoms with E-state index in [4.69, 9.17) is 0 Å². The third-order valence-corrected chi connectivity index (χ3v) is 3.27. The average molecular weight is 219 g/mol. The van der Waals surface area contributed by atoms with E-state index in [9.17, 15) is 0 Å². The number of hydrogen-bond acceptors (Lipinski definition) is 3. The van der Waals surface area contributed by atoms with Crippen LogP contribution in [0.25, 0.3) is 0 Å². The highest BCUT2D eigenvalue weighted by Gasteiger charge is 2.13. The molecule has 1 aliphatic heterocycles. The van der Waals surface area contributed by atoms with E-state index >= 15 is 0 Å². The largest absolute Gasteiger partial charge is 0.313 e. The van der Waals surface area contributed by atoms with Crippen molar-refractivity contribution >= 4 is 0 Å². The average Bonchev–Trinajstić information content (AvgIpc) is 2.38. The molecule has 2 unspecified atom stereocenters. The monoisotopic (exact) mass is 219 g/mol. The Bertz CT molecular complexity index is 293. The van der Waals surface area contributed by atoms with Crippen LogP contribution in [0.15, 0.2) is 24.5 Å². The number of hydrogen-bond donors (Lipinski definition) is 2. The Morgan fingerprint density at radius 1 is 1.56 bits per heavy atom. The smallest absolute Gasteiger partial charge is 0.0315 e. The lowest BCUT2D eigenvalue weighted by Crippen LogP contribution is -2.42. The van der Waals surface area contributed by atoms with Crippen LogP contribution in [-0.4, -0.2) is 24.1 Å². The van der Waals surface area contributed by atoms with Crippen LogP contribution in [0, 0.1) is 0 Å². The van der Waals surface area contributed by atoms with Crippen molar-refractivity contribution in [3.63, 3.8) is 0 Å². The Morgan fingerprint density at radius 3 is 3.19 bits per heavy atom. The Balaban J connectivity index is 1.77. The van der Waals surface area contributed by atoms with Crippen LogP contribution >= 0.6 is 0 Å². The normalized spacial score (nSPS) is 22.9. The molecule has 2 atom stereocenters. The molecule has 88 valence electrons. The molecule has 0 amide bonds. The van der Waals surface area contributed by atoms with Gasteiger partial charge in [0.25, 0.3) is 0 Å². The first-order valence-corrected chi connectivity index (χ1v) is 6.23. The van der Waals surface area contributed by atoms with Crippen molar-refractivity contribution in [2.75, 3.05) is 13.1 Å². The van der Waals surface area contributed by atoms with Crippen molar-refractivity contribution in [1.82, 2.24) is 15.6 Å². The molecule has 16 heavy (non-hydrogen) atoms. The minimum atomic E-state index is 0.387. The summed E-state index contributed by atoms with van der Waals surface area (Å²) in [6.07, 6.45) is 7.74. The van der Waals surface area contributed by atoms with Gasteiger partial charge in [-0.3, -0.25) is 4.98 Å². The van der Waals surface area contributed by atoms with E-state index in [-0.39, 0.29) is 0 Å². The Labute approximate surface area is 97.7 Å². The topological polar surface area (TPSA) is 37.0 Å². The van der Waals surface area contributed by atoms with Gasteiger partial charge in [-0.05, 0) is 37.9 Å². The molecule has 0 radical (unpaired) electrons. The molecule has 3 heteroatoms. The van der Waals surface area contributed by atoms with Crippen molar-refractivity contribution in [3.05, 3.63) is 30.1 Å². The fraction of sp³-hybridized carbons (Fsp3) is 0.615. The molecule has 1 aliphatic rings. The second-order valence-corrected chi connectivity index (χ2v) is 4.56. The van der Waals surface area contributed by atoms with Crippen molar-refractivity contribution < 1.29 is 0 Å². The van der Waals surface area contributed by atoms with E-state index in [1.165, 1.54) is 31.4 Å². The summed E-state index contributed by atoms with van der Waals surface area (Å²) in [5.74, 6) is 0. The van der Waals surface area contributed by atoms with Crippen molar-refractivity contribution in [1.29, 1.82) is 0 Å². The van der Waals surface area contributed by atoms with Gasteiger partial charge in [0.05, 0.1) is 0 Å². The molecule has 2 heterocycles. The quantitative estimate of drug-likeness (QED) is 0.812. The molecular weight excluding hydrogens is 198 g/mol. The summed E-state index contributed by atoms with van der Waals surface area (Å²) in [7, 11) is 0. The minimum absolute atomic E-state index is 0.387. The number of rotatable bonds is 4. The zero-order chi connectivity index (χ0) is 11.2. The SMILES string of the molecule is CC(NCC1CCCCN1)c1cccnc1. The maximum absolute atomic E-state index is 4.14. The highest BCUT2D eigenvalue weighted by molar-refractivity contribution is 5.12. The summed E-state index contributed by atoms with van der Waals surface area (Å²) in [4.78, 5) is 4.14. The van der Waals surface area contributed by atoms with E-state index in [2.05, 4.69) is 28.6 Å². The van der Waals surface area contributed by atoms with E-state index in [0.717, 1.165) is 6.54 Å². The lowest BCUT2D eigenvalue weighted by atomic mass is 10.0. The van der Waals surface area contributed by atoms with Crippen molar-refractivity contribution in [2.45, 2.75) is 38.3 Å². The van der Waals surface area contributed by atoms with Gasteiger partial charge in [-0.25, -0.2) is 0 Å². The van der Waals surface area contributed by atoms with Crippen LogP contribution in [0.1, 0.15) is 37.8 Å². The molecule has 1 saturated heterocycles. The summed E-state index contributed by atoms with van der Waals surface area (Å²) in [5.41, 5.74) is 1.26. The number of aromatic nitrogens is 1. The maximum Gasteiger partial charge on any atom is 0.0315 e. The van der Waals surface area contributed by atoms with Gasteiger partial charge >= 0.3 is 0 Å². The predicted octanol–water partition coefficient (Wildman–Crippen LogP) is 1.87. The van der Waals surface area contributed by atoms with Gasteiger partial charge in [-0.1, -0.05) is 12.5 Å². The fourth-order valence-corrected chi connectivity index (χ4v) is 2.17. The molecule has 3 nitrogen and oxygen atoms in total. The number of nitrogens with one attached hydrogen (secondary N) is 2. The first-order chi connectivity index (χ1) is 7.86. The third kappa shape index (κ3) is 3.29. The second kappa shape index (κ2) is 5.97. The molecule has 0 spiro atoms. The molecule has 1 aromatic heterocycles. The summed E-state index contributed by atoms with van der Waals surface area (Å²) < 4.78 is 0.